The molecule has 1 spiro atoms. The molecule has 2 aliphatic heterocycles. The summed E-state index contributed by atoms with van der Waals surface area (Å²) in [4.78, 5) is 50.9. The number of imide groups is 2. The van der Waals surface area contributed by atoms with Gasteiger partial charge in [-0.15, -0.1) is 0 Å². The number of carbonyl (C=O) groups is 4. The summed E-state index contributed by atoms with van der Waals surface area (Å²) in [5.74, 6) is -1.27. The number of rotatable bonds is 2. The van der Waals surface area contributed by atoms with Crippen LogP contribution in [0.4, 0.5) is 4.79 Å². The first-order valence-electron chi connectivity index (χ1n) is 6.95. The molecule has 0 aromatic carbocycles. The molecule has 0 aromatic rings. The smallest absolute Gasteiger partial charge is 0.331 e. The van der Waals surface area contributed by atoms with E-state index in [1.165, 1.54) is 0 Å². The quantitative estimate of drug-likeness (QED) is 0.712. The molecular weight excluding hydrogens is 262 g/mol. The van der Waals surface area contributed by atoms with Gasteiger partial charge < -0.3 is 4.90 Å². The van der Waals surface area contributed by atoms with E-state index >= 15 is 0 Å². The third-order valence-corrected chi connectivity index (χ3v) is 4.41. The summed E-state index contributed by atoms with van der Waals surface area (Å²) >= 11 is 0. The maximum atomic E-state index is 12.4. The summed E-state index contributed by atoms with van der Waals surface area (Å²) in [7, 11) is 0. The summed E-state index contributed by atoms with van der Waals surface area (Å²) in [6.07, 6.45) is 2.79. The number of carbonyl (C=O) groups excluding carboxylic acids is 4. The van der Waals surface area contributed by atoms with Crippen molar-refractivity contribution in [2.24, 2.45) is 5.41 Å². The van der Waals surface area contributed by atoms with Crippen molar-refractivity contribution in [3.8, 4) is 0 Å². The van der Waals surface area contributed by atoms with Gasteiger partial charge in [-0.25, -0.2) is 4.79 Å². The van der Waals surface area contributed by atoms with Gasteiger partial charge in [-0.05, 0) is 32.6 Å². The molecule has 1 N–H and O–H groups in total. The van der Waals surface area contributed by atoms with Crippen LogP contribution in [0.2, 0.25) is 0 Å². The first kappa shape index (κ1) is 13.1. The zero-order chi connectivity index (χ0) is 14.5. The summed E-state index contributed by atoms with van der Waals surface area (Å²) in [5.41, 5.74) is -1.09. The molecule has 0 bridgehead atoms. The molecular formula is C13H17N3O4. The van der Waals surface area contributed by atoms with Gasteiger partial charge in [0.05, 0.1) is 0 Å². The van der Waals surface area contributed by atoms with E-state index in [1.54, 1.807) is 11.8 Å². The molecule has 1 atom stereocenters. The molecule has 3 fully saturated rings. The van der Waals surface area contributed by atoms with Crippen LogP contribution >= 0.6 is 0 Å². The molecule has 7 heteroatoms. The van der Waals surface area contributed by atoms with Crippen molar-refractivity contribution in [3.05, 3.63) is 0 Å². The van der Waals surface area contributed by atoms with Crippen LogP contribution in [0.25, 0.3) is 0 Å². The summed E-state index contributed by atoms with van der Waals surface area (Å²) < 4.78 is 0. The van der Waals surface area contributed by atoms with Gasteiger partial charge in [-0.2, -0.15) is 0 Å². The molecule has 0 radical (unpaired) electrons. The second-order valence-electron chi connectivity index (χ2n) is 5.72. The van der Waals surface area contributed by atoms with E-state index < -0.39 is 29.3 Å². The number of amides is 5. The molecule has 3 rings (SSSR count). The van der Waals surface area contributed by atoms with E-state index in [4.69, 9.17) is 0 Å². The average molecular weight is 279 g/mol. The van der Waals surface area contributed by atoms with Gasteiger partial charge in [-0.1, -0.05) is 0 Å². The van der Waals surface area contributed by atoms with E-state index in [9.17, 15) is 19.2 Å². The van der Waals surface area contributed by atoms with Gasteiger partial charge in [0.1, 0.15) is 11.5 Å². The SMILES string of the molecule is CC(C(=O)N1CCCC1)N1C(=O)NC(=O)C2(CC2)C1=O. The van der Waals surface area contributed by atoms with Crippen molar-refractivity contribution < 1.29 is 19.2 Å². The highest BCUT2D eigenvalue weighted by atomic mass is 16.2. The maximum Gasteiger partial charge on any atom is 0.331 e. The molecule has 5 amide bonds. The van der Waals surface area contributed by atoms with Gasteiger partial charge in [0.2, 0.25) is 17.7 Å². The van der Waals surface area contributed by atoms with E-state index in [0.29, 0.717) is 25.9 Å². The summed E-state index contributed by atoms with van der Waals surface area (Å²) in [6.45, 7) is 2.87. The molecule has 3 aliphatic rings. The second kappa shape index (κ2) is 4.29. The Hall–Kier alpha value is -1.92. The predicted octanol–water partition coefficient (Wildman–Crippen LogP) is -0.144. The van der Waals surface area contributed by atoms with E-state index in [0.717, 1.165) is 17.7 Å². The highest BCUT2D eigenvalue weighted by Crippen LogP contribution is 2.49. The lowest BCUT2D eigenvalue weighted by atomic mass is 10.0. The van der Waals surface area contributed by atoms with Gasteiger partial charge >= 0.3 is 6.03 Å². The number of likely N-dealkylation sites (tertiary alicyclic amines) is 1. The Kier molecular flexibility index (Phi) is 2.81. The summed E-state index contributed by atoms with van der Waals surface area (Å²) in [6, 6.07) is -1.64. The van der Waals surface area contributed by atoms with Crippen molar-refractivity contribution in [1.82, 2.24) is 15.1 Å². The minimum absolute atomic E-state index is 0.226. The highest BCUT2D eigenvalue weighted by molar-refractivity contribution is 6.21. The lowest BCUT2D eigenvalue weighted by Gasteiger charge is -2.35. The molecule has 2 saturated heterocycles. The van der Waals surface area contributed by atoms with E-state index in [1.807, 2.05) is 0 Å². The number of hydrogen-bond acceptors (Lipinski definition) is 4. The van der Waals surface area contributed by atoms with Crippen LogP contribution < -0.4 is 5.32 Å². The fourth-order valence-corrected chi connectivity index (χ4v) is 2.93. The van der Waals surface area contributed by atoms with Gasteiger partial charge in [0.15, 0.2) is 0 Å². The number of hydrogen-bond donors (Lipinski definition) is 1. The van der Waals surface area contributed by atoms with Crippen molar-refractivity contribution in [3.63, 3.8) is 0 Å². The predicted molar refractivity (Wildman–Crippen MR) is 67.3 cm³/mol. The van der Waals surface area contributed by atoms with Gasteiger partial charge in [0, 0.05) is 13.1 Å². The molecule has 1 saturated carbocycles. The standard InChI is InChI=1S/C13H17N3O4/c1-8(9(17)15-6-2-3-7-15)16-11(19)13(4-5-13)10(18)14-12(16)20/h8H,2-7H2,1H3,(H,14,18,20). The maximum absolute atomic E-state index is 12.4. The topological polar surface area (TPSA) is 86.8 Å². The fourth-order valence-electron chi connectivity index (χ4n) is 2.93. The molecule has 20 heavy (non-hydrogen) atoms. The van der Waals surface area contributed by atoms with Crippen LogP contribution in [0, 0.1) is 5.41 Å². The van der Waals surface area contributed by atoms with Crippen LogP contribution in [0.5, 0.6) is 0 Å². The Morgan fingerprint density at radius 1 is 1.20 bits per heavy atom. The van der Waals surface area contributed by atoms with Crippen molar-refractivity contribution in [2.75, 3.05) is 13.1 Å². The van der Waals surface area contributed by atoms with Gasteiger partial charge in [0.25, 0.3) is 0 Å². The number of nitrogens with one attached hydrogen (secondary N) is 1. The lowest BCUT2D eigenvalue weighted by Crippen LogP contribution is -2.64. The Morgan fingerprint density at radius 3 is 2.35 bits per heavy atom. The molecule has 1 unspecified atom stereocenters. The van der Waals surface area contributed by atoms with Crippen LogP contribution in [0.15, 0.2) is 0 Å². The Labute approximate surface area is 116 Å². The zero-order valence-electron chi connectivity index (χ0n) is 11.3. The lowest BCUT2D eigenvalue weighted by molar-refractivity contribution is -0.151. The van der Waals surface area contributed by atoms with Crippen LogP contribution in [0.1, 0.15) is 32.6 Å². The summed E-state index contributed by atoms with van der Waals surface area (Å²) in [5, 5.41) is 2.20. The molecule has 0 aromatic heterocycles. The minimum Gasteiger partial charge on any atom is -0.341 e. The second-order valence-corrected chi connectivity index (χ2v) is 5.72. The molecule has 1 aliphatic carbocycles. The monoisotopic (exact) mass is 279 g/mol. The minimum atomic E-state index is -1.09. The highest BCUT2D eigenvalue weighted by Gasteiger charge is 2.63. The van der Waals surface area contributed by atoms with Crippen LogP contribution in [-0.2, 0) is 14.4 Å². The first-order valence-corrected chi connectivity index (χ1v) is 6.95. The van der Waals surface area contributed by atoms with Crippen molar-refractivity contribution in [1.29, 1.82) is 0 Å². The molecule has 7 nitrogen and oxygen atoms in total. The number of barbiturate groups is 1. The third kappa shape index (κ3) is 1.72. The fraction of sp³-hybridized carbons (Fsp3) is 0.692. The molecule has 2 heterocycles. The number of nitrogens with zero attached hydrogens (tertiary/aromatic N) is 2. The van der Waals surface area contributed by atoms with Crippen LogP contribution in [0.3, 0.4) is 0 Å². The molecule has 108 valence electrons. The van der Waals surface area contributed by atoms with Gasteiger partial charge in [-0.3, -0.25) is 24.6 Å². The largest absolute Gasteiger partial charge is 0.341 e. The van der Waals surface area contributed by atoms with Crippen molar-refractivity contribution >= 4 is 23.8 Å². The van der Waals surface area contributed by atoms with Crippen LogP contribution in [-0.4, -0.2) is 52.7 Å². The van der Waals surface area contributed by atoms with E-state index in [-0.39, 0.29) is 5.91 Å². The first-order chi connectivity index (χ1) is 9.47. The average Bonchev–Trinajstić information content (AvgIpc) is 3.04. The van der Waals surface area contributed by atoms with E-state index in [2.05, 4.69) is 5.32 Å². The number of urea groups is 1. The Balaban J connectivity index is 1.81. The van der Waals surface area contributed by atoms with Crippen molar-refractivity contribution in [2.45, 2.75) is 38.6 Å². The zero-order valence-corrected chi connectivity index (χ0v) is 11.3. The third-order valence-electron chi connectivity index (χ3n) is 4.41. The Morgan fingerprint density at radius 2 is 1.80 bits per heavy atom. The Bertz CT molecular complexity index is 506. The normalized spacial score (nSPS) is 25.9.